The van der Waals surface area contributed by atoms with Crippen molar-refractivity contribution in [2.45, 2.75) is 45.2 Å². The van der Waals surface area contributed by atoms with Crippen LogP contribution in [0.15, 0.2) is 84.9 Å². The number of carbonyl (C=O) groups excluding carboxylic acids is 2. The van der Waals surface area contributed by atoms with Crippen LogP contribution in [0.2, 0.25) is 0 Å². The van der Waals surface area contributed by atoms with E-state index in [1.807, 2.05) is 60.7 Å². The maximum Gasteiger partial charge on any atom is 0.247 e. The molecule has 0 aliphatic heterocycles. The van der Waals surface area contributed by atoms with Gasteiger partial charge in [-0.25, -0.2) is 4.39 Å². The SMILES string of the molecule is CCCCNC(=O)[C@H](c1ccccc1)N(Cc1ccc(F)cc1)C(=O)CCc1ccccc1. The van der Waals surface area contributed by atoms with E-state index in [0.29, 0.717) is 13.0 Å². The van der Waals surface area contributed by atoms with Crippen LogP contribution < -0.4 is 5.32 Å². The molecule has 0 fully saturated rings. The molecule has 0 bridgehead atoms. The van der Waals surface area contributed by atoms with Gasteiger partial charge in [0.1, 0.15) is 11.9 Å². The van der Waals surface area contributed by atoms with Gasteiger partial charge in [0.2, 0.25) is 11.8 Å². The first-order valence-corrected chi connectivity index (χ1v) is 11.5. The standard InChI is InChI=1S/C28H31FN2O2/c1-2-3-20-30-28(33)27(24-12-8-5-9-13-24)31(21-23-14-17-25(29)18-15-23)26(32)19-16-22-10-6-4-7-11-22/h4-15,17-18,27H,2-3,16,19-21H2,1H3,(H,30,33)/t27-/m0/s1. The van der Waals surface area contributed by atoms with Crippen molar-refractivity contribution in [3.8, 4) is 0 Å². The molecule has 2 amide bonds. The lowest BCUT2D eigenvalue weighted by atomic mass is 10.0. The second kappa shape index (κ2) is 12.5. The van der Waals surface area contributed by atoms with Crippen molar-refractivity contribution in [3.63, 3.8) is 0 Å². The first-order valence-electron chi connectivity index (χ1n) is 11.5. The van der Waals surface area contributed by atoms with Gasteiger partial charge in [0.25, 0.3) is 0 Å². The van der Waals surface area contributed by atoms with Gasteiger partial charge in [-0.1, -0.05) is 86.1 Å². The zero-order chi connectivity index (χ0) is 23.5. The monoisotopic (exact) mass is 446 g/mol. The van der Waals surface area contributed by atoms with Gasteiger partial charge in [-0.2, -0.15) is 0 Å². The minimum Gasteiger partial charge on any atom is -0.354 e. The van der Waals surface area contributed by atoms with E-state index in [1.165, 1.54) is 12.1 Å². The molecule has 3 rings (SSSR count). The molecule has 5 heteroatoms. The van der Waals surface area contributed by atoms with Gasteiger partial charge < -0.3 is 10.2 Å². The third kappa shape index (κ3) is 7.28. The Morgan fingerprint density at radius 3 is 2.15 bits per heavy atom. The summed E-state index contributed by atoms with van der Waals surface area (Å²) in [4.78, 5) is 28.4. The molecule has 172 valence electrons. The summed E-state index contributed by atoms with van der Waals surface area (Å²) in [6.07, 6.45) is 2.69. The van der Waals surface area contributed by atoms with Crippen LogP contribution in [0.4, 0.5) is 4.39 Å². The number of halogens is 1. The number of unbranched alkanes of at least 4 members (excludes halogenated alkanes) is 1. The Labute approximate surface area is 195 Å². The summed E-state index contributed by atoms with van der Waals surface area (Å²) < 4.78 is 13.5. The number of aryl methyl sites for hydroxylation is 1. The minimum absolute atomic E-state index is 0.123. The molecule has 0 spiro atoms. The lowest BCUT2D eigenvalue weighted by molar-refractivity contribution is -0.141. The summed E-state index contributed by atoms with van der Waals surface area (Å²) in [6, 6.07) is 24.5. The molecule has 0 aromatic heterocycles. The zero-order valence-electron chi connectivity index (χ0n) is 19.0. The highest BCUT2D eigenvalue weighted by Gasteiger charge is 2.31. The van der Waals surface area contributed by atoms with Crippen molar-refractivity contribution in [1.29, 1.82) is 0 Å². The zero-order valence-corrected chi connectivity index (χ0v) is 19.0. The van der Waals surface area contributed by atoms with Crippen LogP contribution in [0.25, 0.3) is 0 Å². The van der Waals surface area contributed by atoms with E-state index in [2.05, 4.69) is 12.2 Å². The molecule has 4 nitrogen and oxygen atoms in total. The molecule has 0 saturated heterocycles. The summed E-state index contributed by atoms with van der Waals surface area (Å²) in [5.41, 5.74) is 2.59. The van der Waals surface area contributed by atoms with Crippen molar-refractivity contribution >= 4 is 11.8 Å². The van der Waals surface area contributed by atoms with E-state index in [0.717, 1.165) is 29.5 Å². The average molecular weight is 447 g/mol. The summed E-state index contributed by atoms with van der Waals surface area (Å²) in [5, 5.41) is 2.99. The van der Waals surface area contributed by atoms with Crippen LogP contribution in [-0.2, 0) is 22.6 Å². The summed E-state index contributed by atoms with van der Waals surface area (Å²) in [6.45, 7) is 2.84. The molecular weight excluding hydrogens is 415 g/mol. The summed E-state index contributed by atoms with van der Waals surface area (Å²) in [7, 11) is 0. The number of hydrogen-bond donors (Lipinski definition) is 1. The van der Waals surface area contributed by atoms with Crippen LogP contribution in [0, 0.1) is 5.82 Å². The van der Waals surface area contributed by atoms with E-state index in [-0.39, 0.29) is 30.6 Å². The Bertz CT molecular complexity index is 1010. The van der Waals surface area contributed by atoms with Crippen LogP contribution >= 0.6 is 0 Å². The van der Waals surface area contributed by atoms with Crippen LogP contribution in [0.5, 0.6) is 0 Å². The fourth-order valence-electron chi connectivity index (χ4n) is 3.74. The number of hydrogen-bond acceptors (Lipinski definition) is 2. The highest BCUT2D eigenvalue weighted by Crippen LogP contribution is 2.25. The highest BCUT2D eigenvalue weighted by molar-refractivity contribution is 5.88. The van der Waals surface area contributed by atoms with E-state index in [4.69, 9.17) is 0 Å². The maximum absolute atomic E-state index is 13.5. The molecule has 0 unspecified atom stereocenters. The van der Waals surface area contributed by atoms with Crippen molar-refractivity contribution in [3.05, 3.63) is 107 Å². The third-order valence-electron chi connectivity index (χ3n) is 5.56. The lowest BCUT2D eigenvalue weighted by Crippen LogP contribution is -2.43. The van der Waals surface area contributed by atoms with Gasteiger partial charge in [0, 0.05) is 19.5 Å². The molecule has 0 radical (unpaired) electrons. The van der Waals surface area contributed by atoms with Crippen molar-refractivity contribution in [2.75, 3.05) is 6.54 Å². The van der Waals surface area contributed by atoms with Gasteiger partial charge in [-0.05, 0) is 41.7 Å². The third-order valence-corrected chi connectivity index (χ3v) is 5.56. The Morgan fingerprint density at radius 1 is 0.879 bits per heavy atom. The van der Waals surface area contributed by atoms with Gasteiger partial charge in [-0.15, -0.1) is 0 Å². The smallest absolute Gasteiger partial charge is 0.247 e. The van der Waals surface area contributed by atoms with E-state index < -0.39 is 6.04 Å². The quantitative estimate of drug-likeness (QED) is 0.399. The minimum atomic E-state index is -0.767. The van der Waals surface area contributed by atoms with Crippen LogP contribution in [0.3, 0.4) is 0 Å². The van der Waals surface area contributed by atoms with E-state index in [9.17, 15) is 14.0 Å². The molecule has 3 aromatic rings. The Kier molecular flexibility index (Phi) is 9.19. The number of nitrogens with one attached hydrogen (secondary N) is 1. The molecule has 0 saturated carbocycles. The molecule has 0 heterocycles. The number of benzene rings is 3. The highest BCUT2D eigenvalue weighted by atomic mass is 19.1. The number of amides is 2. The topological polar surface area (TPSA) is 49.4 Å². The molecule has 1 N–H and O–H groups in total. The Morgan fingerprint density at radius 2 is 1.52 bits per heavy atom. The molecule has 0 aliphatic carbocycles. The number of rotatable bonds is 11. The molecule has 0 aliphatic rings. The predicted octanol–water partition coefficient (Wildman–Crippen LogP) is 5.44. The molecular formula is C28H31FN2O2. The fraction of sp³-hybridized carbons (Fsp3) is 0.286. The second-order valence-electron chi connectivity index (χ2n) is 8.09. The van der Waals surface area contributed by atoms with E-state index in [1.54, 1.807) is 17.0 Å². The Hall–Kier alpha value is -3.47. The molecule has 1 atom stereocenters. The molecule has 33 heavy (non-hydrogen) atoms. The fourth-order valence-corrected chi connectivity index (χ4v) is 3.74. The van der Waals surface area contributed by atoms with Gasteiger partial charge in [-0.3, -0.25) is 9.59 Å². The average Bonchev–Trinajstić information content (AvgIpc) is 2.85. The van der Waals surface area contributed by atoms with Crippen molar-refractivity contribution < 1.29 is 14.0 Å². The van der Waals surface area contributed by atoms with Crippen LogP contribution in [0.1, 0.15) is 48.9 Å². The summed E-state index contributed by atoms with van der Waals surface area (Å²) in [5.74, 6) is -0.662. The normalized spacial score (nSPS) is 11.6. The number of carbonyl (C=O) groups is 2. The van der Waals surface area contributed by atoms with Crippen molar-refractivity contribution in [1.82, 2.24) is 10.2 Å². The summed E-state index contributed by atoms with van der Waals surface area (Å²) >= 11 is 0. The largest absolute Gasteiger partial charge is 0.354 e. The Balaban J connectivity index is 1.90. The second-order valence-corrected chi connectivity index (χ2v) is 8.09. The van der Waals surface area contributed by atoms with Crippen LogP contribution in [-0.4, -0.2) is 23.3 Å². The van der Waals surface area contributed by atoms with Gasteiger partial charge >= 0.3 is 0 Å². The first-order chi connectivity index (χ1) is 16.1. The van der Waals surface area contributed by atoms with E-state index >= 15 is 0 Å². The van der Waals surface area contributed by atoms with Gasteiger partial charge in [0.15, 0.2) is 0 Å². The predicted molar refractivity (Wildman–Crippen MR) is 129 cm³/mol. The number of nitrogens with zero attached hydrogens (tertiary/aromatic N) is 1. The maximum atomic E-state index is 13.5. The molecule has 3 aromatic carbocycles. The van der Waals surface area contributed by atoms with Crippen molar-refractivity contribution in [2.24, 2.45) is 0 Å². The first kappa shape index (κ1) is 24.2. The van der Waals surface area contributed by atoms with Gasteiger partial charge in [0.05, 0.1) is 0 Å². The lowest BCUT2D eigenvalue weighted by Gasteiger charge is -2.32.